The van der Waals surface area contributed by atoms with E-state index >= 15 is 0 Å². The summed E-state index contributed by atoms with van der Waals surface area (Å²) in [6.07, 6.45) is 0. The second kappa shape index (κ2) is 14.0. The Hall–Kier alpha value is -6.31. The second-order valence-corrected chi connectivity index (χ2v) is 15.7. The lowest BCUT2D eigenvalue weighted by Crippen LogP contribution is -2.10. The average Bonchev–Trinajstić information content (AvgIpc) is 3.17. The number of rotatable bonds is 6. The topological polar surface area (TPSA) is 75.6 Å². The Morgan fingerprint density at radius 2 is 0.830 bits per heavy atom. The van der Waals surface area contributed by atoms with E-state index in [4.69, 9.17) is 15.7 Å². The number of benzene rings is 5. The molecule has 0 aliphatic carbocycles. The Morgan fingerprint density at radius 3 is 1.26 bits per heavy atom. The molecule has 0 atom stereocenters. The number of nitriles is 1. The molecule has 0 bridgehead atoms. The van der Waals surface area contributed by atoms with Gasteiger partial charge in [-0.2, -0.15) is 5.26 Å². The van der Waals surface area contributed by atoms with Crippen LogP contribution in [0, 0.1) is 11.3 Å². The average molecular weight is 689 g/mol. The van der Waals surface area contributed by atoms with E-state index in [2.05, 4.69) is 126 Å². The first-order chi connectivity index (χ1) is 25.4. The van der Waals surface area contributed by atoms with Gasteiger partial charge in [0, 0.05) is 33.4 Å². The Bertz CT molecular complexity index is 2430. The molecule has 5 aromatic carbocycles. The van der Waals surface area contributed by atoms with Gasteiger partial charge in [-0.1, -0.05) is 175 Å². The van der Waals surface area contributed by atoms with E-state index in [0.717, 1.165) is 61.6 Å². The molecule has 2 aromatic heterocycles. The normalized spacial score (nSPS) is 11.6. The first-order valence-electron chi connectivity index (χ1n) is 18.1. The van der Waals surface area contributed by atoms with Crippen LogP contribution in [0.15, 0.2) is 146 Å². The van der Waals surface area contributed by atoms with Gasteiger partial charge < -0.3 is 5.73 Å². The monoisotopic (exact) mass is 688 g/mol. The summed E-state index contributed by atoms with van der Waals surface area (Å²) >= 11 is 0. The summed E-state index contributed by atoms with van der Waals surface area (Å²) in [4.78, 5) is 10.3. The van der Waals surface area contributed by atoms with E-state index in [0.29, 0.717) is 16.9 Å². The SMILES string of the molecule is CC(C)(C)c1ccc(-c2cc(-c3ccc(-c4cc(-c5ccc(C(C)(C)C)cc5)c(C#N)c(-c5ccccc5)n4)cc3)nc(-c3ccccc3)c2N)cc1. The number of anilines is 1. The quantitative estimate of drug-likeness (QED) is 0.189. The van der Waals surface area contributed by atoms with E-state index in [1.807, 2.05) is 66.7 Å². The molecule has 53 heavy (non-hydrogen) atoms. The minimum Gasteiger partial charge on any atom is -0.396 e. The van der Waals surface area contributed by atoms with E-state index in [1.54, 1.807) is 0 Å². The van der Waals surface area contributed by atoms with Crippen LogP contribution in [0.1, 0.15) is 58.2 Å². The molecule has 2 N–H and O–H groups in total. The molecule has 0 aliphatic heterocycles. The molecule has 0 fully saturated rings. The zero-order chi connectivity index (χ0) is 37.3. The van der Waals surface area contributed by atoms with E-state index < -0.39 is 0 Å². The van der Waals surface area contributed by atoms with Crippen LogP contribution in [0.3, 0.4) is 0 Å². The van der Waals surface area contributed by atoms with E-state index in [9.17, 15) is 5.26 Å². The van der Waals surface area contributed by atoms with Crippen LogP contribution < -0.4 is 5.73 Å². The molecule has 7 aromatic rings. The van der Waals surface area contributed by atoms with Gasteiger partial charge in [0.2, 0.25) is 0 Å². The lowest BCUT2D eigenvalue weighted by atomic mass is 9.85. The molecular weight excluding hydrogens is 645 g/mol. The van der Waals surface area contributed by atoms with Gasteiger partial charge in [0.25, 0.3) is 0 Å². The fraction of sp³-hybridized carbons (Fsp3) is 0.163. The lowest BCUT2D eigenvalue weighted by molar-refractivity contribution is 0.590. The van der Waals surface area contributed by atoms with Crippen LogP contribution in [-0.2, 0) is 10.8 Å². The molecule has 260 valence electrons. The number of nitrogens with two attached hydrogens (primary N) is 1. The van der Waals surface area contributed by atoms with Crippen LogP contribution in [-0.4, -0.2) is 9.97 Å². The minimum absolute atomic E-state index is 0.0236. The maximum atomic E-state index is 10.5. The Labute approximate surface area is 313 Å². The number of pyridine rings is 2. The standard InChI is InChI=1S/C49H44N4/c1-48(2,3)38-25-21-32(22-26-38)40-29-43(52-46(42(40)31-50)36-13-9-7-10-14-36)34-17-19-35(20-18-34)44-30-41(33-23-27-39(28-24-33)49(4,5)6)45(51)47(53-44)37-15-11-8-12-16-37/h7-30H,51H2,1-6H3. The fourth-order valence-electron chi connectivity index (χ4n) is 6.71. The van der Waals surface area contributed by atoms with Crippen molar-refractivity contribution in [3.8, 4) is 73.4 Å². The first-order valence-corrected chi connectivity index (χ1v) is 18.1. The molecular formula is C49H44N4. The van der Waals surface area contributed by atoms with Crippen molar-refractivity contribution in [3.05, 3.63) is 162 Å². The zero-order valence-electron chi connectivity index (χ0n) is 31.3. The number of aromatic nitrogens is 2. The van der Waals surface area contributed by atoms with Crippen LogP contribution in [0.2, 0.25) is 0 Å². The third-order valence-corrected chi connectivity index (χ3v) is 9.88. The van der Waals surface area contributed by atoms with Crippen molar-refractivity contribution in [1.82, 2.24) is 9.97 Å². The highest BCUT2D eigenvalue weighted by atomic mass is 14.8. The van der Waals surface area contributed by atoms with Gasteiger partial charge >= 0.3 is 0 Å². The van der Waals surface area contributed by atoms with Gasteiger partial charge in [0.1, 0.15) is 6.07 Å². The number of hydrogen-bond donors (Lipinski definition) is 1. The highest BCUT2D eigenvalue weighted by Gasteiger charge is 2.20. The van der Waals surface area contributed by atoms with E-state index in [-0.39, 0.29) is 10.8 Å². The van der Waals surface area contributed by atoms with Crippen LogP contribution >= 0.6 is 0 Å². The summed E-state index contributed by atoms with van der Waals surface area (Å²) in [5.41, 5.74) is 21.3. The number of nitrogen functional groups attached to an aromatic ring is 1. The molecule has 7 rings (SSSR count). The van der Waals surface area contributed by atoms with Crippen molar-refractivity contribution in [2.45, 2.75) is 52.4 Å². The lowest BCUT2D eigenvalue weighted by Gasteiger charge is -2.20. The molecule has 0 amide bonds. The molecule has 0 unspecified atom stereocenters. The molecule has 0 spiro atoms. The van der Waals surface area contributed by atoms with Crippen molar-refractivity contribution < 1.29 is 0 Å². The first kappa shape index (κ1) is 35.1. The molecule has 2 heterocycles. The van der Waals surface area contributed by atoms with Crippen molar-refractivity contribution in [2.75, 3.05) is 5.73 Å². The molecule has 0 saturated carbocycles. The molecule has 0 radical (unpaired) electrons. The number of nitrogens with zero attached hydrogens (tertiary/aromatic N) is 3. The molecule has 4 nitrogen and oxygen atoms in total. The molecule has 0 aliphatic rings. The summed E-state index contributed by atoms with van der Waals surface area (Å²) in [7, 11) is 0. The highest BCUT2D eigenvalue weighted by Crippen LogP contribution is 2.39. The highest BCUT2D eigenvalue weighted by molar-refractivity contribution is 5.90. The third-order valence-electron chi connectivity index (χ3n) is 9.88. The third kappa shape index (κ3) is 7.25. The van der Waals surface area contributed by atoms with Gasteiger partial charge in [0.05, 0.1) is 34.0 Å². The summed E-state index contributed by atoms with van der Waals surface area (Å²) in [5.74, 6) is 0. The van der Waals surface area contributed by atoms with Gasteiger partial charge in [-0.3, -0.25) is 0 Å². The Morgan fingerprint density at radius 1 is 0.453 bits per heavy atom. The van der Waals surface area contributed by atoms with Crippen LogP contribution in [0.4, 0.5) is 5.69 Å². The smallest absolute Gasteiger partial charge is 0.102 e. The predicted octanol–water partition coefficient (Wildman–Crippen LogP) is 12.5. The molecule has 4 heteroatoms. The summed E-state index contributed by atoms with van der Waals surface area (Å²) in [5, 5.41) is 10.5. The maximum Gasteiger partial charge on any atom is 0.102 e. The summed E-state index contributed by atoms with van der Waals surface area (Å²) < 4.78 is 0. The van der Waals surface area contributed by atoms with Crippen molar-refractivity contribution in [2.24, 2.45) is 0 Å². The minimum atomic E-state index is 0.0236. The predicted molar refractivity (Wildman–Crippen MR) is 221 cm³/mol. The van der Waals surface area contributed by atoms with Gasteiger partial charge in [-0.25, -0.2) is 9.97 Å². The summed E-state index contributed by atoms with van der Waals surface area (Å²) in [6, 6.07) is 52.3. The van der Waals surface area contributed by atoms with E-state index in [1.165, 1.54) is 11.1 Å². The zero-order valence-corrected chi connectivity index (χ0v) is 31.3. The van der Waals surface area contributed by atoms with Crippen LogP contribution in [0.25, 0.3) is 67.3 Å². The second-order valence-electron chi connectivity index (χ2n) is 15.7. The van der Waals surface area contributed by atoms with Crippen LogP contribution in [0.5, 0.6) is 0 Å². The Kier molecular flexibility index (Phi) is 9.28. The van der Waals surface area contributed by atoms with Crippen molar-refractivity contribution in [1.29, 1.82) is 5.26 Å². The maximum absolute atomic E-state index is 10.5. The van der Waals surface area contributed by atoms with Crippen molar-refractivity contribution in [3.63, 3.8) is 0 Å². The van der Waals surface area contributed by atoms with Gasteiger partial charge in [-0.15, -0.1) is 0 Å². The molecule has 0 saturated heterocycles. The van der Waals surface area contributed by atoms with Gasteiger partial charge in [-0.05, 0) is 45.2 Å². The number of hydrogen-bond acceptors (Lipinski definition) is 4. The Balaban J connectivity index is 1.34. The largest absolute Gasteiger partial charge is 0.396 e. The van der Waals surface area contributed by atoms with Crippen molar-refractivity contribution >= 4 is 5.69 Å². The summed E-state index contributed by atoms with van der Waals surface area (Å²) in [6.45, 7) is 13.3. The fourth-order valence-corrected chi connectivity index (χ4v) is 6.71. The van der Waals surface area contributed by atoms with Gasteiger partial charge in [0.15, 0.2) is 0 Å².